The lowest BCUT2D eigenvalue weighted by Gasteiger charge is -2.21. The first kappa shape index (κ1) is 10.8. The number of aldehydes is 1. The second-order valence-electron chi connectivity index (χ2n) is 4.25. The van der Waals surface area contributed by atoms with Crippen LogP contribution in [0.25, 0.3) is 10.3 Å². The number of aromatic nitrogens is 2. The van der Waals surface area contributed by atoms with Gasteiger partial charge in [-0.05, 0) is 38.1 Å². The molecular weight excluding hydrogens is 234 g/mol. The minimum absolute atomic E-state index is 0.509. The number of hydrogen-bond donors (Lipinski definition) is 1. The number of carbonyl (C=O) groups excluding carboxylic acids is 1. The summed E-state index contributed by atoms with van der Waals surface area (Å²) < 4.78 is 0. The van der Waals surface area contributed by atoms with Crippen molar-refractivity contribution in [2.24, 2.45) is 0 Å². The Bertz CT molecular complexity index is 546. The van der Waals surface area contributed by atoms with Gasteiger partial charge in [0, 0.05) is 11.6 Å². The van der Waals surface area contributed by atoms with Gasteiger partial charge in [0.25, 0.3) is 0 Å². The molecule has 0 atom stereocenters. The second-order valence-corrected chi connectivity index (χ2v) is 5.26. The summed E-state index contributed by atoms with van der Waals surface area (Å²) in [6, 6.07) is 4.02. The van der Waals surface area contributed by atoms with Crippen LogP contribution in [0.3, 0.4) is 0 Å². The van der Waals surface area contributed by atoms with Gasteiger partial charge in [0.05, 0.1) is 0 Å². The van der Waals surface area contributed by atoms with Crippen molar-refractivity contribution in [1.29, 1.82) is 0 Å². The van der Waals surface area contributed by atoms with Crippen LogP contribution in [0.2, 0.25) is 0 Å². The van der Waals surface area contributed by atoms with Crippen LogP contribution in [0, 0.1) is 0 Å². The first-order chi connectivity index (χ1) is 8.36. The summed E-state index contributed by atoms with van der Waals surface area (Å²) in [5.74, 6) is 0.544. The van der Waals surface area contributed by atoms with E-state index >= 15 is 0 Å². The number of carbonyl (C=O) groups is 1. The monoisotopic (exact) mass is 247 g/mol. The normalized spacial score (nSPS) is 17.4. The minimum Gasteiger partial charge on any atom is -0.317 e. The fourth-order valence-electron chi connectivity index (χ4n) is 2.24. The lowest BCUT2D eigenvalue weighted by Crippen LogP contribution is -2.26. The summed E-state index contributed by atoms with van der Waals surface area (Å²) in [6.45, 7) is 2.12. The highest BCUT2D eigenvalue weighted by Gasteiger charge is 2.17. The molecule has 5 heteroatoms. The van der Waals surface area contributed by atoms with Gasteiger partial charge in [-0.15, -0.1) is 0 Å². The number of thiazole rings is 1. The van der Waals surface area contributed by atoms with Crippen molar-refractivity contribution in [2.45, 2.75) is 18.8 Å². The van der Waals surface area contributed by atoms with Crippen LogP contribution >= 0.6 is 11.3 Å². The predicted molar refractivity (Wildman–Crippen MR) is 67.6 cm³/mol. The zero-order chi connectivity index (χ0) is 11.7. The van der Waals surface area contributed by atoms with Crippen LogP contribution in [0.4, 0.5) is 0 Å². The number of fused-ring (bicyclic) bond motifs is 1. The van der Waals surface area contributed by atoms with Crippen molar-refractivity contribution in [1.82, 2.24) is 15.3 Å². The fraction of sp³-hybridized carbons (Fsp3) is 0.417. The summed E-state index contributed by atoms with van der Waals surface area (Å²) in [4.78, 5) is 20.4. The molecule has 1 N–H and O–H groups in total. The van der Waals surface area contributed by atoms with Crippen LogP contribution in [0.15, 0.2) is 12.1 Å². The van der Waals surface area contributed by atoms with Crippen molar-refractivity contribution in [2.75, 3.05) is 13.1 Å². The maximum absolute atomic E-state index is 10.7. The molecule has 3 rings (SSSR count). The Balaban J connectivity index is 1.97. The van der Waals surface area contributed by atoms with Gasteiger partial charge in [0.1, 0.15) is 10.3 Å². The first-order valence-electron chi connectivity index (χ1n) is 5.80. The average Bonchev–Trinajstić information content (AvgIpc) is 2.81. The molecule has 0 spiro atoms. The number of rotatable bonds is 2. The molecule has 88 valence electrons. The van der Waals surface area contributed by atoms with E-state index in [2.05, 4.69) is 15.3 Å². The Kier molecular flexibility index (Phi) is 2.86. The predicted octanol–water partition coefficient (Wildman–Crippen LogP) is 1.97. The lowest BCUT2D eigenvalue weighted by atomic mass is 9.94. The maximum Gasteiger partial charge on any atom is 0.178 e. The molecule has 3 heterocycles. The van der Waals surface area contributed by atoms with Crippen molar-refractivity contribution in [3.8, 4) is 0 Å². The van der Waals surface area contributed by atoms with Gasteiger partial charge in [0.15, 0.2) is 11.3 Å². The van der Waals surface area contributed by atoms with Crippen LogP contribution in [-0.2, 0) is 0 Å². The molecule has 0 bridgehead atoms. The van der Waals surface area contributed by atoms with Crippen LogP contribution in [0.1, 0.15) is 34.3 Å². The van der Waals surface area contributed by atoms with E-state index in [0.717, 1.165) is 48.3 Å². The molecule has 4 nitrogen and oxygen atoms in total. The Labute approximate surface area is 103 Å². The fourth-order valence-corrected chi connectivity index (χ4v) is 3.00. The molecule has 0 radical (unpaired) electrons. The first-order valence-corrected chi connectivity index (χ1v) is 6.62. The summed E-state index contributed by atoms with van der Waals surface area (Å²) in [5, 5.41) is 3.86. The highest BCUT2D eigenvalue weighted by molar-refractivity contribution is 7.19. The molecule has 1 fully saturated rings. The molecule has 2 aromatic rings. The molecule has 17 heavy (non-hydrogen) atoms. The largest absolute Gasteiger partial charge is 0.317 e. The molecule has 0 saturated carbocycles. The van der Waals surface area contributed by atoms with Gasteiger partial charge in [-0.3, -0.25) is 4.79 Å². The zero-order valence-electron chi connectivity index (χ0n) is 9.35. The third-order valence-electron chi connectivity index (χ3n) is 3.15. The Morgan fingerprint density at radius 3 is 2.88 bits per heavy atom. The van der Waals surface area contributed by atoms with E-state index in [1.165, 1.54) is 11.3 Å². The summed E-state index contributed by atoms with van der Waals surface area (Å²) in [7, 11) is 0. The van der Waals surface area contributed by atoms with Crippen molar-refractivity contribution in [3.63, 3.8) is 0 Å². The van der Waals surface area contributed by atoms with Crippen molar-refractivity contribution >= 4 is 28.0 Å². The standard InChI is InChI=1S/C12H13N3OS/c16-7-11-14-10-2-1-9(15-12(10)17-11)8-3-5-13-6-4-8/h1-2,7-8,13H,3-6H2. The highest BCUT2D eigenvalue weighted by Crippen LogP contribution is 2.27. The number of nitrogens with one attached hydrogen (secondary N) is 1. The molecule has 1 aliphatic heterocycles. The zero-order valence-corrected chi connectivity index (χ0v) is 10.2. The molecule has 0 aromatic carbocycles. The summed E-state index contributed by atoms with van der Waals surface area (Å²) in [6.07, 6.45) is 3.06. The van der Waals surface area contributed by atoms with Gasteiger partial charge >= 0.3 is 0 Å². The average molecular weight is 247 g/mol. The summed E-state index contributed by atoms with van der Waals surface area (Å²) >= 11 is 1.37. The molecule has 2 aromatic heterocycles. The van der Waals surface area contributed by atoms with E-state index in [1.54, 1.807) is 0 Å². The van der Waals surface area contributed by atoms with Gasteiger partial charge in [-0.1, -0.05) is 11.3 Å². The lowest BCUT2D eigenvalue weighted by molar-refractivity contribution is 0.112. The third-order valence-corrected chi connectivity index (χ3v) is 4.04. The Morgan fingerprint density at radius 1 is 1.29 bits per heavy atom. The summed E-state index contributed by atoms with van der Waals surface area (Å²) in [5.41, 5.74) is 1.97. The van der Waals surface area contributed by atoms with E-state index in [9.17, 15) is 4.79 Å². The van der Waals surface area contributed by atoms with E-state index in [1.807, 2.05) is 12.1 Å². The minimum atomic E-state index is 0.509. The van der Waals surface area contributed by atoms with Gasteiger partial charge in [-0.25, -0.2) is 9.97 Å². The van der Waals surface area contributed by atoms with Gasteiger partial charge < -0.3 is 5.32 Å². The molecule has 0 amide bonds. The van der Waals surface area contributed by atoms with Crippen LogP contribution in [-0.4, -0.2) is 29.3 Å². The van der Waals surface area contributed by atoms with Crippen LogP contribution < -0.4 is 5.32 Å². The number of pyridine rings is 1. The van der Waals surface area contributed by atoms with Gasteiger partial charge in [-0.2, -0.15) is 0 Å². The number of piperidine rings is 1. The van der Waals surface area contributed by atoms with Crippen molar-refractivity contribution in [3.05, 3.63) is 22.8 Å². The highest BCUT2D eigenvalue weighted by atomic mass is 32.1. The molecule has 0 aliphatic carbocycles. The Hall–Kier alpha value is -1.33. The van der Waals surface area contributed by atoms with Crippen molar-refractivity contribution < 1.29 is 4.79 Å². The van der Waals surface area contributed by atoms with E-state index in [-0.39, 0.29) is 0 Å². The van der Waals surface area contributed by atoms with E-state index in [4.69, 9.17) is 0 Å². The molecule has 1 saturated heterocycles. The van der Waals surface area contributed by atoms with E-state index < -0.39 is 0 Å². The molecule has 0 unspecified atom stereocenters. The van der Waals surface area contributed by atoms with Gasteiger partial charge in [0.2, 0.25) is 0 Å². The molecular formula is C12H13N3OS. The van der Waals surface area contributed by atoms with E-state index in [0.29, 0.717) is 10.9 Å². The topological polar surface area (TPSA) is 54.9 Å². The number of hydrogen-bond acceptors (Lipinski definition) is 5. The molecule has 1 aliphatic rings. The van der Waals surface area contributed by atoms with Crippen LogP contribution in [0.5, 0.6) is 0 Å². The smallest absolute Gasteiger partial charge is 0.178 e. The number of nitrogens with zero attached hydrogens (tertiary/aromatic N) is 2. The SMILES string of the molecule is O=Cc1nc2ccc(C3CCNCC3)nc2s1. The Morgan fingerprint density at radius 2 is 2.12 bits per heavy atom. The second kappa shape index (κ2) is 4.50. The quantitative estimate of drug-likeness (QED) is 0.824. The maximum atomic E-state index is 10.7. The third kappa shape index (κ3) is 2.08.